The van der Waals surface area contributed by atoms with Crippen LogP contribution < -0.4 is 0 Å². The molecule has 0 unspecified atom stereocenters. The van der Waals surface area contributed by atoms with Crippen molar-refractivity contribution in [3.05, 3.63) is 0 Å². The van der Waals surface area contributed by atoms with Crippen LogP contribution in [0.1, 0.15) is 26.2 Å². The summed E-state index contributed by atoms with van der Waals surface area (Å²) in [5, 5.41) is -0.0947. The van der Waals surface area contributed by atoms with Gasteiger partial charge in [-0.05, 0) is 19.3 Å². The topological polar surface area (TPSA) is 37.4 Å². The second-order valence-electron chi connectivity index (χ2n) is 3.28. The van der Waals surface area contributed by atoms with Crippen molar-refractivity contribution in [2.75, 3.05) is 19.0 Å². The summed E-state index contributed by atoms with van der Waals surface area (Å²) >= 11 is 5.53. The van der Waals surface area contributed by atoms with Crippen molar-refractivity contribution in [1.82, 2.24) is 4.31 Å². The molecule has 0 spiro atoms. The number of hydrogen-bond acceptors (Lipinski definition) is 2. The predicted molar refractivity (Wildman–Crippen MR) is 54.5 cm³/mol. The number of halogens is 1. The Balaban J connectivity index is 2.53. The smallest absolute Gasteiger partial charge is 0.212 e. The lowest BCUT2D eigenvalue weighted by Crippen LogP contribution is -2.34. The molecule has 0 aliphatic heterocycles. The van der Waals surface area contributed by atoms with Crippen molar-refractivity contribution >= 4 is 21.6 Å². The van der Waals surface area contributed by atoms with E-state index in [1.165, 1.54) is 0 Å². The maximum absolute atomic E-state index is 11.7. The third-order valence-corrected chi connectivity index (χ3v) is 4.94. The quantitative estimate of drug-likeness (QED) is 0.642. The van der Waals surface area contributed by atoms with Crippen LogP contribution in [-0.2, 0) is 10.0 Å². The van der Waals surface area contributed by atoms with E-state index in [9.17, 15) is 8.42 Å². The van der Waals surface area contributed by atoms with Gasteiger partial charge in [-0.15, -0.1) is 11.6 Å². The largest absolute Gasteiger partial charge is 0.216 e. The predicted octanol–water partition coefficient (Wildman–Crippen LogP) is 1.43. The summed E-state index contributed by atoms with van der Waals surface area (Å²) in [4.78, 5) is 0. The average Bonchev–Trinajstić information content (AvgIpc) is 2.87. The van der Waals surface area contributed by atoms with Gasteiger partial charge in [0.05, 0.1) is 5.25 Å². The molecular formula is C8H16ClNO2S. The second-order valence-corrected chi connectivity index (χ2v) is 5.87. The Hall–Kier alpha value is 0.200. The van der Waals surface area contributed by atoms with Crippen molar-refractivity contribution < 1.29 is 8.42 Å². The highest BCUT2D eigenvalue weighted by Crippen LogP contribution is 2.30. The van der Waals surface area contributed by atoms with Crippen LogP contribution in [0, 0.1) is 0 Å². The first-order valence-corrected chi connectivity index (χ1v) is 6.71. The van der Waals surface area contributed by atoms with E-state index in [1.54, 1.807) is 4.31 Å². The number of alkyl halides is 1. The zero-order chi connectivity index (χ0) is 9.90. The summed E-state index contributed by atoms with van der Waals surface area (Å²) in [7, 11) is -2.98. The molecule has 1 saturated carbocycles. The van der Waals surface area contributed by atoms with Crippen LogP contribution in [0.4, 0.5) is 0 Å². The molecule has 0 bridgehead atoms. The molecule has 1 rings (SSSR count). The van der Waals surface area contributed by atoms with Gasteiger partial charge < -0.3 is 0 Å². The van der Waals surface area contributed by atoms with Crippen molar-refractivity contribution in [2.24, 2.45) is 0 Å². The van der Waals surface area contributed by atoms with Crippen LogP contribution in [0.3, 0.4) is 0 Å². The van der Waals surface area contributed by atoms with Crippen LogP contribution in [0.25, 0.3) is 0 Å². The number of rotatable bonds is 6. The van der Waals surface area contributed by atoms with Crippen molar-refractivity contribution in [1.29, 1.82) is 0 Å². The highest BCUT2D eigenvalue weighted by atomic mass is 35.5. The third kappa shape index (κ3) is 2.82. The molecule has 0 saturated heterocycles. The molecule has 1 aliphatic carbocycles. The summed E-state index contributed by atoms with van der Waals surface area (Å²) in [6.45, 7) is 3.00. The monoisotopic (exact) mass is 225 g/mol. The average molecular weight is 226 g/mol. The van der Waals surface area contributed by atoms with Crippen LogP contribution in [-0.4, -0.2) is 36.9 Å². The maximum Gasteiger partial charge on any atom is 0.216 e. The van der Waals surface area contributed by atoms with Gasteiger partial charge in [-0.2, -0.15) is 0 Å². The Bertz CT molecular complexity index is 249. The van der Waals surface area contributed by atoms with Crippen LogP contribution >= 0.6 is 11.6 Å². The van der Waals surface area contributed by atoms with Gasteiger partial charge in [0.25, 0.3) is 0 Å². The lowest BCUT2D eigenvalue weighted by molar-refractivity contribution is 0.427. The van der Waals surface area contributed by atoms with Crippen molar-refractivity contribution in [3.63, 3.8) is 0 Å². The summed E-state index contributed by atoms with van der Waals surface area (Å²) in [5.74, 6) is 0.524. The summed E-state index contributed by atoms with van der Waals surface area (Å²) in [6.07, 6.45) is 2.40. The zero-order valence-electron chi connectivity index (χ0n) is 7.87. The molecule has 78 valence electrons. The molecule has 5 heteroatoms. The number of nitrogens with zero attached hydrogens (tertiary/aromatic N) is 1. The van der Waals surface area contributed by atoms with Gasteiger partial charge in [-0.25, -0.2) is 12.7 Å². The fraction of sp³-hybridized carbons (Fsp3) is 1.00. The Morgan fingerprint density at radius 2 is 2.08 bits per heavy atom. The van der Waals surface area contributed by atoms with Gasteiger partial charge in [-0.3, -0.25) is 0 Å². The van der Waals surface area contributed by atoms with Crippen molar-refractivity contribution in [2.45, 2.75) is 31.4 Å². The van der Waals surface area contributed by atoms with Gasteiger partial charge in [0.2, 0.25) is 10.0 Å². The minimum Gasteiger partial charge on any atom is -0.212 e. The van der Waals surface area contributed by atoms with Gasteiger partial charge in [0.15, 0.2) is 0 Å². The number of hydrogen-bond donors (Lipinski definition) is 0. The molecule has 0 N–H and O–H groups in total. The van der Waals surface area contributed by atoms with E-state index in [-0.39, 0.29) is 5.25 Å². The van der Waals surface area contributed by atoms with Gasteiger partial charge in [0, 0.05) is 19.0 Å². The molecule has 0 radical (unpaired) electrons. The second kappa shape index (κ2) is 4.62. The third-order valence-electron chi connectivity index (χ3n) is 2.20. The molecule has 1 fully saturated rings. The number of sulfonamides is 1. The molecule has 0 aromatic carbocycles. The molecule has 0 amide bonds. The fourth-order valence-corrected chi connectivity index (χ4v) is 3.29. The Morgan fingerprint density at radius 1 is 1.46 bits per heavy atom. The molecule has 1 aliphatic rings. The van der Waals surface area contributed by atoms with Crippen molar-refractivity contribution in [3.8, 4) is 0 Å². The highest BCUT2D eigenvalue weighted by molar-refractivity contribution is 7.90. The van der Waals surface area contributed by atoms with Gasteiger partial charge in [0.1, 0.15) is 0 Å². The summed E-state index contributed by atoms with van der Waals surface area (Å²) in [6, 6.07) is 0. The SMILES string of the molecule is CCN(CCCCl)S(=O)(=O)C1CC1. The first-order valence-electron chi connectivity index (χ1n) is 4.67. The van der Waals surface area contributed by atoms with E-state index in [4.69, 9.17) is 11.6 Å². The first kappa shape index (κ1) is 11.3. The minimum atomic E-state index is -2.98. The van der Waals surface area contributed by atoms with E-state index in [0.29, 0.717) is 19.0 Å². The summed E-state index contributed by atoms with van der Waals surface area (Å²) < 4.78 is 25.0. The van der Waals surface area contributed by atoms with E-state index < -0.39 is 10.0 Å². The lowest BCUT2D eigenvalue weighted by Gasteiger charge is -2.19. The van der Waals surface area contributed by atoms with Crippen LogP contribution in [0.15, 0.2) is 0 Å². The van der Waals surface area contributed by atoms with Crippen LogP contribution in [0.2, 0.25) is 0 Å². The molecule has 0 heterocycles. The standard InChI is InChI=1S/C8H16ClNO2S/c1-2-10(7-3-6-9)13(11,12)8-4-5-8/h8H,2-7H2,1H3. The van der Waals surface area contributed by atoms with Crippen LogP contribution in [0.5, 0.6) is 0 Å². The Kier molecular flexibility index (Phi) is 4.01. The van der Waals surface area contributed by atoms with E-state index in [1.807, 2.05) is 6.92 Å². The van der Waals surface area contributed by atoms with Gasteiger partial charge in [-0.1, -0.05) is 6.92 Å². The summed E-state index contributed by atoms with van der Waals surface area (Å²) in [5.41, 5.74) is 0. The van der Waals surface area contributed by atoms with Gasteiger partial charge >= 0.3 is 0 Å². The minimum absolute atomic E-state index is 0.0947. The molecular weight excluding hydrogens is 210 g/mol. The lowest BCUT2D eigenvalue weighted by atomic mass is 10.5. The van der Waals surface area contributed by atoms with E-state index in [0.717, 1.165) is 19.3 Å². The first-order chi connectivity index (χ1) is 6.12. The fourth-order valence-electron chi connectivity index (χ4n) is 1.28. The normalized spacial score (nSPS) is 18.1. The maximum atomic E-state index is 11.7. The Labute approximate surface area is 85.1 Å². The Morgan fingerprint density at radius 3 is 2.46 bits per heavy atom. The molecule has 0 aromatic heterocycles. The van der Waals surface area contributed by atoms with E-state index in [2.05, 4.69) is 0 Å². The molecule has 0 atom stereocenters. The zero-order valence-corrected chi connectivity index (χ0v) is 9.44. The molecule has 3 nitrogen and oxygen atoms in total. The molecule has 0 aromatic rings. The highest BCUT2D eigenvalue weighted by Gasteiger charge is 2.39. The molecule has 13 heavy (non-hydrogen) atoms. The van der Waals surface area contributed by atoms with E-state index >= 15 is 0 Å².